The summed E-state index contributed by atoms with van der Waals surface area (Å²) >= 11 is 0. The number of para-hydroxylation sites is 1. The third kappa shape index (κ3) is 3.25. The summed E-state index contributed by atoms with van der Waals surface area (Å²) in [4.78, 5) is 12.3. The number of hydrogen-bond acceptors (Lipinski definition) is 3. The van der Waals surface area contributed by atoms with E-state index >= 15 is 0 Å². The molecule has 0 bridgehead atoms. The van der Waals surface area contributed by atoms with E-state index in [9.17, 15) is 9.90 Å². The Bertz CT molecular complexity index is 1160. The highest BCUT2D eigenvalue weighted by Gasteiger charge is 2.15. The fourth-order valence-corrected chi connectivity index (χ4v) is 3.33. The van der Waals surface area contributed by atoms with Crippen molar-refractivity contribution in [3.8, 4) is 17.0 Å². The second kappa shape index (κ2) is 7.40. The molecule has 4 aromatic rings. The molecule has 1 aromatic heterocycles. The Kier molecular flexibility index (Phi) is 4.64. The van der Waals surface area contributed by atoms with Gasteiger partial charge in [0.1, 0.15) is 5.75 Å². The molecule has 0 spiro atoms. The van der Waals surface area contributed by atoms with Gasteiger partial charge in [-0.3, -0.25) is 4.79 Å². The molecule has 1 amide bonds. The standard InChI is InChI=1S/C23H19N3O2/c1-26-21-10-6-5-9-19(21)20(22(26)16-7-3-2-4-8-16)15-24-25-23(28)17-11-13-18(27)14-12-17/h2-15,27H,1H3,(H,25,28)/b24-15+. The van der Waals surface area contributed by atoms with Crippen molar-refractivity contribution in [3.63, 3.8) is 0 Å². The summed E-state index contributed by atoms with van der Waals surface area (Å²) in [7, 11) is 2.02. The number of amides is 1. The van der Waals surface area contributed by atoms with Gasteiger partial charge in [-0.25, -0.2) is 5.43 Å². The topological polar surface area (TPSA) is 66.6 Å². The molecule has 0 aliphatic rings. The minimum absolute atomic E-state index is 0.114. The lowest BCUT2D eigenvalue weighted by Crippen LogP contribution is -2.17. The number of rotatable bonds is 4. The zero-order valence-corrected chi connectivity index (χ0v) is 15.3. The van der Waals surface area contributed by atoms with Gasteiger partial charge in [0.15, 0.2) is 0 Å². The maximum atomic E-state index is 12.3. The molecule has 0 aliphatic carbocycles. The zero-order chi connectivity index (χ0) is 19.5. The van der Waals surface area contributed by atoms with Crippen LogP contribution < -0.4 is 5.43 Å². The van der Waals surface area contributed by atoms with Crippen LogP contribution in [0.2, 0.25) is 0 Å². The van der Waals surface area contributed by atoms with Gasteiger partial charge in [-0.05, 0) is 35.9 Å². The molecule has 3 aromatic carbocycles. The summed E-state index contributed by atoms with van der Waals surface area (Å²) in [5.74, 6) is -0.221. The molecule has 138 valence electrons. The Morgan fingerprint density at radius 3 is 2.39 bits per heavy atom. The number of phenolic OH excluding ortho intramolecular Hbond substituents is 1. The Hall–Kier alpha value is -3.86. The number of phenols is 1. The zero-order valence-electron chi connectivity index (χ0n) is 15.3. The first-order valence-corrected chi connectivity index (χ1v) is 8.90. The molecular weight excluding hydrogens is 350 g/mol. The lowest BCUT2D eigenvalue weighted by molar-refractivity contribution is 0.0955. The van der Waals surface area contributed by atoms with E-state index in [-0.39, 0.29) is 11.7 Å². The monoisotopic (exact) mass is 369 g/mol. The Balaban J connectivity index is 1.71. The van der Waals surface area contributed by atoms with Gasteiger partial charge in [0, 0.05) is 29.1 Å². The number of benzene rings is 3. The molecule has 2 N–H and O–H groups in total. The van der Waals surface area contributed by atoms with Crippen molar-refractivity contribution in [2.24, 2.45) is 12.1 Å². The van der Waals surface area contributed by atoms with Crippen LogP contribution in [-0.4, -0.2) is 21.8 Å². The molecule has 0 unspecified atom stereocenters. The molecule has 0 aliphatic heterocycles. The number of fused-ring (bicyclic) bond motifs is 1. The van der Waals surface area contributed by atoms with Crippen LogP contribution in [0.25, 0.3) is 22.2 Å². The number of nitrogens with zero attached hydrogens (tertiary/aromatic N) is 2. The quantitative estimate of drug-likeness (QED) is 0.416. The van der Waals surface area contributed by atoms with Crippen LogP contribution in [0.5, 0.6) is 5.75 Å². The third-order valence-electron chi connectivity index (χ3n) is 4.68. The molecule has 4 rings (SSSR count). The number of aryl methyl sites for hydroxylation is 1. The summed E-state index contributed by atoms with van der Waals surface area (Å²) < 4.78 is 2.13. The first kappa shape index (κ1) is 17.5. The van der Waals surface area contributed by atoms with Gasteiger partial charge in [-0.15, -0.1) is 0 Å². The van der Waals surface area contributed by atoms with Crippen molar-refractivity contribution in [2.75, 3.05) is 0 Å². The number of aromatic hydroxyl groups is 1. The predicted molar refractivity (Wildman–Crippen MR) is 112 cm³/mol. The average Bonchev–Trinajstić information content (AvgIpc) is 3.01. The summed E-state index contributed by atoms with van der Waals surface area (Å²) in [6.07, 6.45) is 1.68. The van der Waals surface area contributed by atoms with E-state index in [1.165, 1.54) is 12.1 Å². The first-order valence-electron chi connectivity index (χ1n) is 8.90. The van der Waals surface area contributed by atoms with Crippen molar-refractivity contribution in [3.05, 3.63) is 90.0 Å². The number of nitrogens with one attached hydrogen (secondary N) is 1. The maximum Gasteiger partial charge on any atom is 0.271 e. The molecule has 0 radical (unpaired) electrons. The van der Waals surface area contributed by atoms with Crippen LogP contribution in [0.1, 0.15) is 15.9 Å². The Morgan fingerprint density at radius 1 is 0.964 bits per heavy atom. The summed E-state index contributed by atoms with van der Waals surface area (Å²) in [6, 6.07) is 24.2. The molecule has 0 saturated carbocycles. The molecule has 28 heavy (non-hydrogen) atoms. The van der Waals surface area contributed by atoms with Gasteiger partial charge in [0.05, 0.1) is 11.9 Å². The van der Waals surface area contributed by atoms with E-state index in [1.54, 1.807) is 18.3 Å². The van der Waals surface area contributed by atoms with Gasteiger partial charge >= 0.3 is 0 Å². The number of carbonyl (C=O) groups is 1. The summed E-state index contributed by atoms with van der Waals surface area (Å²) in [5, 5.41) is 14.6. The highest BCUT2D eigenvalue weighted by atomic mass is 16.3. The number of carbonyl (C=O) groups excluding carboxylic acids is 1. The molecule has 0 fully saturated rings. The summed E-state index contributed by atoms with van der Waals surface area (Å²) in [6.45, 7) is 0. The van der Waals surface area contributed by atoms with Crippen molar-refractivity contribution in [1.82, 2.24) is 9.99 Å². The Morgan fingerprint density at radius 2 is 1.64 bits per heavy atom. The van der Waals surface area contributed by atoms with E-state index in [4.69, 9.17) is 0 Å². The van der Waals surface area contributed by atoms with Gasteiger partial charge < -0.3 is 9.67 Å². The van der Waals surface area contributed by atoms with E-state index in [1.807, 2.05) is 43.4 Å². The maximum absolute atomic E-state index is 12.3. The molecular formula is C23H19N3O2. The smallest absolute Gasteiger partial charge is 0.271 e. The normalized spacial score (nSPS) is 11.2. The van der Waals surface area contributed by atoms with Crippen molar-refractivity contribution in [1.29, 1.82) is 0 Å². The molecule has 1 heterocycles. The fourth-order valence-electron chi connectivity index (χ4n) is 3.33. The fraction of sp³-hybridized carbons (Fsp3) is 0.0435. The van der Waals surface area contributed by atoms with Crippen molar-refractivity contribution >= 4 is 23.0 Å². The second-order valence-electron chi connectivity index (χ2n) is 6.45. The van der Waals surface area contributed by atoms with Gasteiger partial charge in [-0.2, -0.15) is 5.10 Å². The highest BCUT2D eigenvalue weighted by Crippen LogP contribution is 2.31. The van der Waals surface area contributed by atoms with E-state index < -0.39 is 0 Å². The van der Waals surface area contributed by atoms with Crippen molar-refractivity contribution < 1.29 is 9.90 Å². The minimum Gasteiger partial charge on any atom is -0.508 e. The van der Waals surface area contributed by atoms with Crippen molar-refractivity contribution in [2.45, 2.75) is 0 Å². The van der Waals surface area contributed by atoms with E-state index in [0.717, 1.165) is 27.7 Å². The van der Waals surface area contributed by atoms with E-state index in [2.05, 4.69) is 33.3 Å². The molecule has 0 saturated heterocycles. The van der Waals surface area contributed by atoms with Crippen LogP contribution in [0.4, 0.5) is 0 Å². The van der Waals surface area contributed by atoms with Crippen LogP contribution in [0.15, 0.2) is 84.0 Å². The number of aromatic nitrogens is 1. The predicted octanol–water partition coefficient (Wildman–Crippen LogP) is 4.31. The van der Waals surface area contributed by atoms with Crippen LogP contribution in [-0.2, 0) is 7.05 Å². The SMILES string of the molecule is Cn1c(-c2ccccc2)c(/C=N/NC(=O)c2ccc(O)cc2)c2ccccc21. The average molecular weight is 369 g/mol. The molecule has 5 nitrogen and oxygen atoms in total. The number of hydrogen-bond donors (Lipinski definition) is 2. The summed E-state index contributed by atoms with van der Waals surface area (Å²) in [5.41, 5.74) is 7.12. The first-order chi connectivity index (χ1) is 13.6. The van der Waals surface area contributed by atoms with Gasteiger partial charge in [-0.1, -0.05) is 48.5 Å². The lowest BCUT2D eigenvalue weighted by atomic mass is 10.1. The lowest BCUT2D eigenvalue weighted by Gasteiger charge is -2.06. The molecule has 5 heteroatoms. The largest absolute Gasteiger partial charge is 0.508 e. The molecule has 0 atom stereocenters. The van der Waals surface area contributed by atoms with E-state index in [0.29, 0.717) is 5.56 Å². The van der Waals surface area contributed by atoms with Gasteiger partial charge in [0.2, 0.25) is 0 Å². The number of hydrazone groups is 1. The Labute approximate surface area is 162 Å². The third-order valence-corrected chi connectivity index (χ3v) is 4.68. The van der Waals surface area contributed by atoms with Gasteiger partial charge in [0.25, 0.3) is 5.91 Å². The second-order valence-corrected chi connectivity index (χ2v) is 6.45. The van der Waals surface area contributed by atoms with Crippen LogP contribution in [0, 0.1) is 0 Å². The highest BCUT2D eigenvalue weighted by molar-refractivity contribution is 6.07. The minimum atomic E-state index is -0.335. The van der Waals surface area contributed by atoms with Crippen LogP contribution >= 0.6 is 0 Å². The van der Waals surface area contributed by atoms with Crippen LogP contribution in [0.3, 0.4) is 0 Å².